The standard InChI is InChI=1S/C79H132O17P2/c1-5-9-13-17-21-25-29-32-34-35-36-37-39-42-45-48-52-56-60-64-77(82)90-70-75(96-79(84)66-62-58-54-50-46-40-31-27-23-19-15-11-7-3)72-94-98(87,88)92-68-73(80)67-91-97(85,86)93-71-74(95-78(83)65-61-57-53-49-43-28-24-20-16-12-8-4)69-89-76(81)63-59-55-51-47-44-41-38-33-30-26-22-18-14-10-6-2/h9,13,15,19-22,24-27,31-34,36-38,42,45,52,56,73-75,80H,5-8,10-12,14,16-18,23,28-30,35,39-41,43-44,46-51,53-55,57-72H2,1-4H3,(H,85,86)(H,87,88)/b13-9-,19-15-,24-20-,25-21-,26-22-,31-27-,34-32-,37-36-,38-33-,45-42-,56-52-. The molecule has 0 amide bonds. The number of hydrogen-bond acceptors (Lipinski definition) is 15. The van der Waals surface area contributed by atoms with Gasteiger partial charge in [-0.1, -0.05) is 251 Å². The number of esters is 4. The van der Waals surface area contributed by atoms with Crippen LogP contribution in [0.1, 0.15) is 285 Å². The Kier molecular flexibility index (Phi) is 67.2. The van der Waals surface area contributed by atoms with E-state index in [-0.39, 0.29) is 25.7 Å². The normalized spacial score (nSPS) is 14.7. The monoisotopic (exact) mass is 1410 g/mol. The van der Waals surface area contributed by atoms with E-state index >= 15 is 0 Å². The second-order valence-corrected chi connectivity index (χ2v) is 27.4. The van der Waals surface area contributed by atoms with Gasteiger partial charge in [0.05, 0.1) is 26.4 Å². The molecule has 0 aromatic carbocycles. The molecule has 17 nitrogen and oxygen atoms in total. The summed E-state index contributed by atoms with van der Waals surface area (Å²) in [7, 11) is -9.98. The van der Waals surface area contributed by atoms with E-state index in [1.54, 1.807) is 0 Å². The molecule has 560 valence electrons. The molecule has 5 unspecified atom stereocenters. The SMILES string of the molecule is CC/C=C\C/C=C\C/C=C\C/C=C\C/C=C\C/C=C\CCC(=O)OCC(COP(=O)(O)OCC(O)COP(=O)(O)OCC(COC(=O)CCCCCCC/C=C\C/C=C\CCCCC)OC(=O)CCCCCCC/C=C\CCCC)OC(=O)CCCCCCC/C=C\C/C=C\CCC. The van der Waals surface area contributed by atoms with Crippen molar-refractivity contribution in [3.63, 3.8) is 0 Å². The molecule has 0 fully saturated rings. The van der Waals surface area contributed by atoms with E-state index in [0.717, 1.165) is 167 Å². The van der Waals surface area contributed by atoms with Crippen molar-refractivity contribution < 1.29 is 80.2 Å². The smallest absolute Gasteiger partial charge is 0.462 e. The van der Waals surface area contributed by atoms with Gasteiger partial charge in [0.1, 0.15) is 19.3 Å². The van der Waals surface area contributed by atoms with Crippen LogP contribution >= 0.6 is 15.6 Å². The lowest BCUT2D eigenvalue weighted by Crippen LogP contribution is -2.30. The van der Waals surface area contributed by atoms with Gasteiger partial charge in [-0.3, -0.25) is 37.3 Å². The van der Waals surface area contributed by atoms with Gasteiger partial charge in [-0.15, -0.1) is 0 Å². The summed E-state index contributed by atoms with van der Waals surface area (Å²) in [5.74, 6) is -2.32. The quantitative estimate of drug-likeness (QED) is 0.0169. The predicted octanol–water partition coefficient (Wildman–Crippen LogP) is 21.3. The fourth-order valence-electron chi connectivity index (χ4n) is 9.35. The molecule has 0 bridgehead atoms. The number of allylic oxidation sites excluding steroid dienone is 22. The molecule has 0 rings (SSSR count). The van der Waals surface area contributed by atoms with E-state index in [9.17, 15) is 43.2 Å². The molecule has 0 saturated heterocycles. The highest BCUT2D eigenvalue weighted by molar-refractivity contribution is 7.47. The van der Waals surface area contributed by atoms with Gasteiger partial charge < -0.3 is 33.8 Å². The number of ether oxygens (including phenoxy) is 4. The number of unbranched alkanes of at least 4 members (excludes halogenated alkanes) is 21. The van der Waals surface area contributed by atoms with Crippen molar-refractivity contribution in [2.45, 2.75) is 303 Å². The molecule has 98 heavy (non-hydrogen) atoms. The van der Waals surface area contributed by atoms with Crippen LogP contribution in [0.25, 0.3) is 0 Å². The molecule has 19 heteroatoms. The second kappa shape index (κ2) is 70.6. The number of carbonyl (C=O) groups is 4. The third-order valence-electron chi connectivity index (χ3n) is 15.1. The van der Waals surface area contributed by atoms with Crippen LogP contribution in [-0.4, -0.2) is 96.7 Å². The van der Waals surface area contributed by atoms with Crippen molar-refractivity contribution in [2.24, 2.45) is 0 Å². The minimum absolute atomic E-state index is 0.0296. The summed E-state index contributed by atoms with van der Waals surface area (Å²) in [6.07, 6.45) is 77.5. The van der Waals surface area contributed by atoms with Crippen molar-refractivity contribution in [1.29, 1.82) is 0 Å². The van der Waals surface area contributed by atoms with E-state index in [1.165, 1.54) is 32.1 Å². The van der Waals surface area contributed by atoms with Crippen molar-refractivity contribution in [1.82, 2.24) is 0 Å². The highest BCUT2D eigenvalue weighted by Gasteiger charge is 2.30. The zero-order chi connectivity index (χ0) is 71.8. The number of rotatable bonds is 69. The number of aliphatic hydroxyl groups excluding tert-OH is 1. The maximum atomic E-state index is 13.1. The van der Waals surface area contributed by atoms with E-state index in [4.69, 9.17) is 37.0 Å². The van der Waals surface area contributed by atoms with Crippen LogP contribution < -0.4 is 0 Å². The number of phosphoric ester groups is 2. The molecule has 0 aliphatic heterocycles. The van der Waals surface area contributed by atoms with Gasteiger partial charge in [-0.05, 0) is 141 Å². The fourth-order valence-corrected chi connectivity index (χ4v) is 10.9. The van der Waals surface area contributed by atoms with Crippen LogP contribution in [0.4, 0.5) is 0 Å². The highest BCUT2D eigenvalue weighted by atomic mass is 31.2. The van der Waals surface area contributed by atoms with Gasteiger partial charge in [0, 0.05) is 25.7 Å². The zero-order valence-corrected chi connectivity index (χ0v) is 62.7. The van der Waals surface area contributed by atoms with E-state index in [0.29, 0.717) is 32.1 Å². The first-order valence-corrected chi connectivity index (χ1v) is 40.4. The van der Waals surface area contributed by atoms with Crippen LogP contribution in [0, 0.1) is 0 Å². The van der Waals surface area contributed by atoms with E-state index in [1.807, 2.05) is 18.2 Å². The third-order valence-corrected chi connectivity index (χ3v) is 17.0. The van der Waals surface area contributed by atoms with Gasteiger partial charge in [-0.2, -0.15) is 0 Å². The molecular weight excluding hydrogens is 1280 g/mol. The Hall–Kier alpha value is -4.80. The first kappa shape index (κ1) is 93.2. The number of phosphoric acid groups is 2. The molecule has 0 aromatic rings. The van der Waals surface area contributed by atoms with Crippen LogP contribution in [0.3, 0.4) is 0 Å². The Bertz CT molecular complexity index is 2380. The average Bonchev–Trinajstić information content (AvgIpc) is 0.972. The molecule has 3 N–H and O–H groups in total. The van der Waals surface area contributed by atoms with Crippen LogP contribution in [0.5, 0.6) is 0 Å². The summed E-state index contributed by atoms with van der Waals surface area (Å²) in [5.41, 5.74) is 0. The summed E-state index contributed by atoms with van der Waals surface area (Å²) >= 11 is 0. The highest BCUT2D eigenvalue weighted by Crippen LogP contribution is 2.45. The first-order chi connectivity index (χ1) is 47.7. The Labute approximate surface area is 593 Å². The van der Waals surface area contributed by atoms with Crippen molar-refractivity contribution >= 4 is 39.5 Å². The summed E-state index contributed by atoms with van der Waals surface area (Å²) < 4.78 is 68.3. The third kappa shape index (κ3) is 69.7. The Balaban J connectivity index is 5.40. The average molecular weight is 1420 g/mol. The van der Waals surface area contributed by atoms with Crippen LogP contribution in [0.15, 0.2) is 134 Å². The van der Waals surface area contributed by atoms with Crippen LogP contribution in [-0.2, 0) is 65.4 Å². The van der Waals surface area contributed by atoms with Gasteiger partial charge >= 0.3 is 39.5 Å². The molecular formula is C79H132O17P2. The first-order valence-electron chi connectivity index (χ1n) is 37.4. The minimum atomic E-state index is -5.00. The maximum absolute atomic E-state index is 13.1. The summed E-state index contributed by atoms with van der Waals surface area (Å²) in [4.78, 5) is 72.7. The lowest BCUT2D eigenvalue weighted by atomic mass is 10.1. The largest absolute Gasteiger partial charge is 0.472 e. The molecule has 0 aliphatic rings. The summed E-state index contributed by atoms with van der Waals surface area (Å²) in [5, 5.41) is 10.6. The predicted molar refractivity (Wildman–Crippen MR) is 399 cm³/mol. The van der Waals surface area contributed by atoms with Crippen molar-refractivity contribution in [3.8, 4) is 0 Å². The molecule has 0 saturated carbocycles. The lowest BCUT2D eigenvalue weighted by Gasteiger charge is -2.21. The van der Waals surface area contributed by atoms with Crippen molar-refractivity contribution in [3.05, 3.63) is 134 Å². The molecule has 0 spiro atoms. The fraction of sp³-hybridized carbons (Fsp3) is 0.671. The maximum Gasteiger partial charge on any atom is 0.472 e. The molecule has 5 atom stereocenters. The van der Waals surface area contributed by atoms with Gasteiger partial charge in [-0.25, -0.2) is 9.13 Å². The topological polar surface area (TPSA) is 237 Å². The molecule has 0 aromatic heterocycles. The Morgan fingerprint density at radius 1 is 0.296 bits per heavy atom. The Morgan fingerprint density at radius 3 is 0.959 bits per heavy atom. The minimum Gasteiger partial charge on any atom is -0.462 e. The summed E-state index contributed by atoms with van der Waals surface area (Å²) in [6.45, 7) is 4.48. The Morgan fingerprint density at radius 2 is 0.582 bits per heavy atom. The van der Waals surface area contributed by atoms with E-state index < -0.39 is 97.5 Å². The number of aliphatic hydroxyl groups is 1. The number of carbonyl (C=O) groups excluding carboxylic acids is 4. The molecule has 0 aliphatic carbocycles. The zero-order valence-electron chi connectivity index (χ0n) is 60.9. The van der Waals surface area contributed by atoms with Gasteiger partial charge in [0.2, 0.25) is 0 Å². The van der Waals surface area contributed by atoms with Gasteiger partial charge in [0.25, 0.3) is 0 Å². The van der Waals surface area contributed by atoms with Crippen LogP contribution in [0.2, 0.25) is 0 Å². The van der Waals surface area contributed by atoms with Gasteiger partial charge in [0.15, 0.2) is 12.2 Å². The van der Waals surface area contributed by atoms with Crippen molar-refractivity contribution in [2.75, 3.05) is 39.6 Å². The van der Waals surface area contributed by atoms with E-state index in [2.05, 4.69) is 143 Å². The molecule has 0 heterocycles. The summed E-state index contributed by atoms with van der Waals surface area (Å²) in [6, 6.07) is 0. The number of hydrogen-bond donors (Lipinski definition) is 3. The lowest BCUT2D eigenvalue weighted by molar-refractivity contribution is -0.161. The molecule has 0 radical (unpaired) electrons. The second-order valence-electron chi connectivity index (χ2n) is 24.5.